The third-order valence-electron chi connectivity index (χ3n) is 4.10. The number of benzene rings is 2. The van der Waals surface area contributed by atoms with Crippen LogP contribution in [-0.4, -0.2) is 23.8 Å². The van der Waals surface area contributed by atoms with Gasteiger partial charge in [0.2, 0.25) is 13.6 Å². The highest BCUT2D eigenvalue weighted by Gasteiger charge is 2.34. The molecule has 0 unspecified atom stereocenters. The first-order chi connectivity index (χ1) is 12.7. The highest BCUT2D eigenvalue weighted by Crippen LogP contribution is 2.41. The Morgan fingerprint density at radius 1 is 0.923 bits per heavy atom. The van der Waals surface area contributed by atoms with Gasteiger partial charge in [-0.15, -0.1) is 0 Å². The number of amides is 1. The van der Waals surface area contributed by atoms with Crippen molar-refractivity contribution < 1.29 is 23.7 Å². The van der Waals surface area contributed by atoms with Crippen molar-refractivity contribution in [1.29, 1.82) is 0 Å². The largest absolute Gasteiger partial charge is 0.454 e. The van der Waals surface area contributed by atoms with Crippen LogP contribution in [0.3, 0.4) is 0 Å². The van der Waals surface area contributed by atoms with Crippen LogP contribution in [0.5, 0.6) is 23.0 Å². The maximum atomic E-state index is 12.9. The second kappa shape index (κ2) is 5.93. The normalized spacial score (nSPS) is 18.9. The molecular weight excluding hydrogens is 374 g/mol. The van der Waals surface area contributed by atoms with Crippen LogP contribution < -0.4 is 23.8 Å². The summed E-state index contributed by atoms with van der Waals surface area (Å²) in [4.78, 5) is 14.9. The van der Waals surface area contributed by atoms with E-state index in [2.05, 4.69) is 0 Å². The van der Waals surface area contributed by atoms with E-state index in [4.69, 9.17) is 31.2 Å². The fourth-order valence-electron chi connectivity index (χ4n) is 2.87. The van der Waals surface area contributed by atoms with Gasteiger partial charge in [-0.3, -0.25) is 9.69 Å². The summed E-state index contributed by atoms with van der Waals surface area (Å²) in [5, 5.41) is 0. The van der Waals surface area contributed by atoms with Gasteiger partial charge in [-0.05, 0) is 35.9 Å². The van der Waals surface area contributed by atoms with Crippen molar-refractivity contribution in [2.75, 3.05) is 18.5 Å². The van der Waals surface area contributed by atoms with Crippen molar-refractivity contribution in [3.63, 3.8) is 0 Å². The van der Waals surface area contributed by atoms with E-state index in [1.54, 1.807) is 24.3 Å². The number of fused-ring (bicyclic) bond motifs is 2. The fraction of sp³-hybridized carbons (Fsp3) is 0.111. The van der Waals surface area contributed by atoms with Crippen LogP contribution in [0.15, 0.2) is 41.3 Å². The Morgan fingerprint density at radius 2 is 1.58 bits per heavy atom. The van der Waals surface area contributed by atoms with Crippen LogP contribution >= 0.6 is 24.0 Å². The van der Waals surface area contributed by atoms with Gasteiger partial charge in [-0.1, -0.05) is 30.0 Å². The first kappa shape index (κ1) is 15.5. The van der Waals surface area contributed by atoms with E-state index in [9.17, 15) is 4.79 Å². The Hall–Kier alpha value is -2.71. The lowest BCUT2D eigenvalue weighted by atomic mass is 10.2. The molecule has 0 spiro atoms. The van der Waals surface area contributed by atoms with E-state index < -0.39 is 0 Å². The van der Waals surface area contributed by atoms with Crippen molar-refractivity contribution >= 4 is 46.0 Å². The SMILES string of the molecule is O=C1/C(=C\c2ccc3c(c2)OCO3)SC(=S)N1c1ccc2c(c1)OCO2. The summed E-state index contributed by atoms with van der Waals surface area (Å²) in [5.74, 6) is 2.47. The molecule has 0 bridgehead atoms. The highest BCUT2D eigenvalue weighted by atomic mass is 32.2. The van der Waals surface area contributed by atoms with E-state index in [0.29, 0.717) is 37.9 Å². The molecule has 0 atom stereocenters. The molecular formula is C18H11NO5S2. The molecule has 3 heterocycles. The van der Waals surface area contributed by atoms with Crippen molar-refractivity contribution in [3.05, 3.63) is 46.9 Å². The Balaban J connectivity index is 1.46. The number of nitrogens with zero attached hydrogens (tertiary/aromatic N) is 1. The molecule has 0 N–H and O–H groups in total. The molecule has 2 aromatic rings. The zero-order chi connectivity index (χ0) is 17.7. The Bertz CT molecular complexity index is 988. The minimum absolute atomic E-state index is 0.170. The third kappa shape index (κ3) is 2.49. The molecule has 0 saturated carbocycles. The molecule has 8 heteroatoms. The lowest BCUT2D eigenvalue weighted by molar-refractivity contribution is -0.113. The molecule has 1 saturated heterocycles. The van der Waals surface area contributed by atoms with Gasteiger partial charge in [0.1, 0.15) is 0 Å². The molecule has 130 valence electrons. The summed E-state index contributed by atoms with van der Waals surface area (Å²) in [6, 6.07) is 10.9. The summed E-state index contributed by atoms with van der Waals surface area (Å²) in [6.07, 6.45) is 1.80. The summed E-state index contributed by atoms with van der Waals surface area (Å²) in [5.41, 5.74) is 1.51. The molecule has 0 aromatic heterocycles. The number of carbonyl (C=O) groups is 1. The zero-order valence-corrected chi connectivity index (χ0v) is 14.9. The predicted octanol–water partition coefficient (Wildman–Crippen LogP) is 3.55. The monoisotopic (exact) mass is 385 g/mol. The van der Waals surface area contributed by atoms with E-state index in [1.807, 2.05) is 18.2 Å². The van der Waals surface area contributed by atoms with Crippen LogP contribution in [0.2, 0.25) is 0 Å². The second-order valence-electron chi connectivity index (χ2n) is 5.67. The number of thioether (sulfide) groups is 1. The number of thiocarbonyl (C=S) groups is 1. The average Bonchev–Trinajstić information content (AvgIpc) is 3.34. The first-order valence-electron chi connectivity index (χ1n) is 7.76. The van der Waals surface area contributed by atoms with Crippen molar-refractivity contribution in [1.82, 2.24) is 0 Å². The van der Waals surface area contributed by atoms with Gasteiger partial charge in [0.05, 0.1) is 10.6 Å². The maximum absolute atomic E-state index is 12.9. The quantitative estimate of drug-likeness (QED) is 0.579. The van der Waals surface area contributed by atoms with Gasteiger partial charge < -0.3 is 18.9 Å². The van der Waals surface area contributed by atoms with Crippen molar-refractivity contribution in [3.8, 4) is 23.0 Å². The van der Waals surface area contributed by atoms with Crippen LogP contribution in [0.4, 0.5) is 5.69 Å². The first-order valence-corrected chi connectivity index (χ1v) is 8.99. The number of rotatable bonds is 2. The lowest BCUT2D eigenvalue weighted by Gasteiger charge is -2.14. The Labute approximate surface area is 158 Å². The Morgan fingerprint density at radius 3 is 2.35 bits per heavy atom. The molecule has 26 heavy (non-hydrogen) atoms. The molecule has 2 aromatic carbocycles. The number of hydrogen-bond donors (Lipinski definition) is 0. The van der Waals surface area contributed by atoms with Crippen molar-refractivity contribution in [2.24, 2.45) is 0 Å². The van der Waals surface area contributed by atoms with E-state index in [0.717, 1.165) is 5.56 Å². The number of ether oxygens (including phenoxy) is 4. The summed E-state index contributed by atoms with van der Waals surface area (Å²) in [6.45, 7) is 0.395. The minimum atomic E-state index is -0.170. The molecule has 5 rings (SSSR count). The van der Waals surface area contributed by atoms with E-state index >= 15 is 0 Å². The average molecular weight is 385 g/mol. The topological polar surface area (TPSA) is 57.2 Å². The molecule has 0 aliphatic carbocycles. The molecule has 0 radical (unpaired) electrons. The van der Waals surface area contributed by atoms with Gasteiger partial charge >= 0.3 is 0 Å². The molecule has 3 aliphatic heterocycles. The molecule has 1 amide bonds. The van der Waals surface area contributed by atoms with Crippen molar-refractivity contribution in [2.45, 2.75) is 0 Å². The van der Waals surface area contributed by atoms with Gasteiger partial charge in [0, 0.05) is 6.07 Å². The second-order valence-corrected chi connectivity index (χ2v) is 7.34. The zero-order valence-electron chi connectivity index (χ0n) is 13.3. The standard InChI is InChI=1S/C18H11NO5S2/c20-17-16(6-10-1-3-12-14(5-10)23-8-21-12)26-18(25)19(17)11-2-4-13-15(7-11)24-9-22-13/h1-7H,8-9H2/b16-6+. The van der Waals surface area contributed by atoms with Gasteiger partial charge in [-0.25, -0.2) is 0 Å². The number of hydrogen-bond acceptors (Lipinski definition) is 7. The minimum Gasteiger partial charge on any atom is -0.454 e. The highest BCUT2D eigenvalue weighted by molar-refractivity contribution is 8.27. The lowest BCUT2D eigenvalue weighted by Crippen LogP contribution is -2.27. The number of carbonyl (C=O) groups excluding carboxylic acids is 1. The van der Waals surface area contributed by atoms with Gasteiger partial charge in [0.15, 0.2) is 27.3 Å². The Kier molecular flexibility index (Phi) is 3.54. The smallest absolute Gasteiger partial charge is 0.270 e. The van der Waals surface area contributed by atoms with Gasteiger partial charge in [-0.2, -0.15) is 0 Å². The number of anilines is 1. The van der Waals surface area contributed by atoms with E-state index in [1.165, 1.54) is 16.7 Å². The van der Waals surface area contributed by atoms with E-state index in [-0.39, 0.29) is 19.5 Å². The van der Waals surface area contributed by atoms with Gasteiger partial charge in [0.25, 0.3) is 5.91 Å². The summed E-state index contributed by atoms with van der Waals surface area (Å²) >= 11 is 6.67. The predicted molar refractivity (Wildman–Crippen MR) is 101 cm³/mol. The van der Waals surface area contributed by atoms with Crippen LogP contribution in [0.1, 0.15) is 5.56 Å². The van der Waals surface area contributed by atoms with Crippen LogP contribution in [0.25, 0.3) is 6.08 Å². The van der Waals surface area contributed by atoms with Crippen LogP contribution in [0, 0.1) is 0 Å². The molecule has 3 aliphatic rings. The maximum Gasteiger partial charge on any atom is 0.270 e. The molecule has 1 fully saturated rings. The fourth-order valence-corrected chi connectivity index (χ4v) is 4.17. The summed E-state index contributed by atoms with van der Waals surface area (Å²) < 4.78 is 21.9. The molecule has 6 nitrogen and oxygen atoms in total. The third-order valence-corrected chi connectivity index (χ3v) is 5.40. The summed E-state index contributed by atoms with van der Waals surface area (Å²) in [7, 11) is 0. The van der Waals surface area contributed by atoms with Crippen LogP contribution in [-0.2, 0) is 4.79 Å².